The lowest BCUT2D eigenvalue weighted by Gasteiger charge is -2.09. The first-order valence-corrected chi connectivity index (χ1v) is 9.09. The Bertz CT molecular complexity index is 922. The number of nitrogens with zero attached hydrogens (tertiary/aromatic N) is 2. The molecule has 0 aliphatic heterocycles. The van der Waals surface area contributed by atoms with Gasteiger partial charge in [0.1, 0.15) is 18.1 Å². The molecule has 7 nitrogen and oxygen atoms in total. The van der Waals surface area contributed by atoms with Gasteiger partial charge >= 0.3 is 6.03 Å². The van der Waals surface area contributed by atoms with Crippen LogP contribution >= 0.6 is 11.3 Å². The molecule has 3 rings (SSSR count). The van der Waals surface area contributed by atoms with Crippen molar-refractivity contribution in [3.63, 3.8) is 0 Å². The Balaban J connectivity index is 1.56. The molecule has 0 unspecified atom stereocenters. The van der Waals surface area contributed by atoms with Crippen LogP contribution in [0.1, 0.15) is 16.1 Å². The summed E-state index contributed by atoms with van der Waals surface area (Å²) in [6, 6.07) is 12.8. The third-order valence-corrected chi connectivity index (χ3v) is 4.41. The van der Waals surface area contributed by atoms with E-state index in [2.05, 4.69) is 26.9 Å². The van der Waals surface area contributed by atoms with Crippen LogP contribution in [-0.4, -0.2) is 23.3 Å². The van der Waals surface area contributed by atoms with E-state index in [0.717, 1.165) is 16.9 Å². The highest BCUT2D eigenvalue weighted by Crippen LogP contribution is 2.24. The zero-order chi connectivity index (χ0) is 19.2. The molecule has 0 fully saturated rings. The van der Waals surface area contributed by atoms with Gasteiger partial charge in [-0.15, -0.1) is 10.2 Å². The van der Waals surface area contributed by atoms with Crippen LogP contribution in [0.25, 0.3) is 0 Å². The average molecular weight is 384 g/mol. The molecule has 2 aromatic carbocycles. The number of aromatic nitrogens is 2. The fraction of sp³-hybridized carbons (Fsp3) is 0.211. The molecule has 0 aliphatic rings. The highest BCUT2D eigenvalue weighted by atomic mass is 32.1. The predicted octanol–water partition coefficient (Wildman–Crippen LogP) is 4.39. The van der Waals surface area contributed by atoms with Crippen LogP contribution < -0.4 is 20.1 Å². The van der Waals surface area contributed by atoms with Crippen LogP contribution in [0.2, 0.25) is 0 Å². The standard InChI is InChI=1S/C19H20N4O3S/c1-12-8-13(2)10-14(9-12)26-11-17-22-23-19(27-17)21-18(24)20-15-6-4-5-7-16(15)25-3/h4-10H,11H2,1-3H3,(H2,20,21,23,24). The first-order valence-electron chi connectivity index (χ1n) is 8.28. The molecular formula is C19H20N4O3S. The molecular weight excluding hydrogens is 364 g/mol. The van der Waals surface area contributed by atoms with Gasteiger partial charge in [0.2, 0.25) is 5.13 Å². The maximum absolute atomic E-state index is 12.1. The molecule has 27 heavy (non-hydrogen) atoms. The molecule has 0 aliphatic carbocycles. The Morgan fingerprint density at radius 3 is 2.56 bits per heavy atom. The second-order valence-electron chi connectivity index (χ2n) is 5.89. The fourth-order valence-corrected chi connectivity index (χ4v) is 3.17. The summed E-state index contributed by atoms with van der Waals surface area (Å²) in [7, 11) is 1.55. The number of methoxy groups -OCH3 is 1. The second-order valence-corrected chi connectivity index (χ2v) is 6.95. The average Bonchev–Trinajstić information content (AvgIpc) is 3.07. The molecule has 0 spiro atoms. The quantitative estimate of drug-likeness (QED) is 0.658. The molecule has 0 saturated heterocycles. The number of ether oxygens (including phenoxy) is 2. The normalized spacial score (nSPS) is 10.3. The first kappa shape index (κ1) is 18.7. The summed E-state index contributed by atoms with van der Waals surface area (Å²) in [6.07, 6.45) is 0. The molecule has 8 heteroatoms. The van der Waals surface area contributed by atoms with Crippen molar-refractivity contribution in [2.75, 3.05) is 17.7 Å². The monoisotopic (exact) mass is 384 g/mol. The lowest BCUT2D eigenvalue weighted by Crippen LogP contribution is -2.19. The molecule has 0 bridgehead atoms. The van der Waals surface area contributed by atoms with E-state index in [0.29, 0.717) is 21.6 Å². The van der Waals surface area contributed by atoms with Gasteiger partial charge in [0.05, 0.1) is 12.8 Å². The van der Waals surface area contributed by atoms with Crippen molar-refractivity contribution < 1.29 is 14.3 Å². The van der Waals surface area contributed by atoms with E-state index < -0.39 is 6.03 Å². The van der Waals surface area contributed by atoms with Gasteiger partial charge in [-0.05, 0) is 49.2 Å². The highest BCUT2D eigenvalue weighted by molar-refractivity contribution is 7.15. The van der Waals surface area contributed by atoms with Crippen molar-refractivity contribution in [3.05, 3.63) is 58.6 Å². The number of nitrogens with one attached hydrogen (secondary N) is 2. The van der Waals surface area contributed by atoms with Gasteiger partial charge < -0.3 is 14.8 Å². The summed E-state index contributed by atoms with van der Waals surface area (Å²) >= 11 is 1.26. The molecule has 3 aromatic rings. The topological polar surface area (TPSA) is 85.4 Å². The maximum atomic E-state index is 12.1. The number of hydrogen-bond acceptors (Lipinski definition) is 6. The Hall–Kier alpha value is -3.13. The largest absolute Gasteiger partial charge is 0.495 e. The predicted molar refractivity (Wildman–Crippen MR) is 106 cm³/mol. The van der Waals surface area contributed by atoms with Crippen molar-refractivity contribution in [2.24, 2.45) is 0 Å². The number of amides is 2. The van der Waals surface area contributed by atoms with Crippen LogP contribution in [0.15, 0.2) is 42.5 Å². The number of benzene rings is 2. The zero-order valence-electron chi connectivity index (χ0n) is 15.3. The molecule has 140 valence electrons. The smallest absolute Gasteiger partial charge is 0.325 e. The third-order valence-electron chi connectivity index (χ3n) is 3.60. The Morgan fingerprint density at radius 2 is 1.81 bits per heavy atom. The third kappa shape index (κ3) is 5.18. The molecule has 0 saturated carbocycles. The van der Waals surface area contributed by atoms with E-state index >= 15 is 0 Å². The van der Waals surface area contributed by atoms with Gasteiger partial charge in [-0.3, -0.25) is 5.32 Å². The van der Waals surface area contributed by atoms with Gasteiger partial charge in [-0.25, -0.2) is 4.79 Å². The van der Waals surface area contributed by atoms with E-state index in [1.807, 2.05) is 38.1 Å². The molecule has 0 atom stereocenters. The van der Waals surface area contributed by atoms with E-state index in [9.17, 15) is 4.79 Å². The highest BCUT2D eigenvalue weighted by Gasteiger charge is 2.11. The minimum atomic E-state index is -0.419. The second kappa shape index (κ2) is 8.50. The van der Waals surface area contributed by atoms with E-state index in [1.54, 1.807) is 19.2 Å². The number of aryl methyl sites for hydroxylation is 2. The van der Waals surface area contributed by atoms with Gasteiger partial charge in [-0.2, -0.15) is 0 Å². The van der Waals surface area contributed by atoms with Gasteiger partial charge in [0, 0.05) is 0 Å². The Kier molecular flexibility index (Phi) is 5.87. The minimum absolute atomic E-state index is 0.288. The molecule has 2 N–H and O–H groups in total. The van der Waals surface area contributed by atoms with Crippen LogP contribution in [0.3, 0.4) is 0 Å². The first-order chi connectivity index (χ1) is 13.0. The fourth-order valence-electron chi connectivity index (χ4n) is 2.52. The summed E-state index contributed by atoms with van der Waals surface area (Å²) in [6.45, 7) is 4.33. The maximum Gasteiger partial charge on any atom is 0.325 e. The van der Waals surface area contributed by atoms with Crippen molar-refractivity contribution in [2.45, 2.75) is 20.5 Å². The van der Waals surface area contributed by atoms with Crippen LogP contribution in [0.5, 0.6) is 11.5 Å². The SMILES string of the molecule is COc1ccccc1NC(=O)Nc1nnc(COc2cc(C)cc(C)c2)s1. The number of rotatable bonds is 6. The Morgan fingerprint density at radius 1 is 1.07 bits per heavy atom. The Labute approximate surface area is 161 Å². The minimum Gasteiger partial charge on any atom is -0.495 e. The zero-order valence-corrected chi connectivity index (χ0v) is 16.1. The summed E-state index contributed by atoms with van der Waals surface area (Å²) in [5, 5.41) is 14.5. The molecule has 2 amide bonds. The van der Waals surface area contributed by atoms with Gasteiger partial charge in [0.15, 0.2) is 5.01 Å². The lowest BCUT2D eigenvalue weighted by atomic mass is 10.1. The van der Waals surface area contributed by atoms with Gasteiger partial charge in [-0.1, -0.05) is 29.5 Å². The van der Waals surface area contributed by atoms with Crippen LogP contribution in [-0.2, 0) is 6.61 Å². The number of urea groups is 1. The number of para-hydroxylation sites is 2. The number of hydrogen-bond donors (Lipinski definition) is 2. The number of anilines is 2. The van der Waals surface area contributed by atoms with E-state index in [4.69, 9.17) is 9.47 Å². The van der Waals surface area contributed by atoms with Crippen molar-refractivity contribution in [3.8, 4) is 11.5 Å². The summed E-state index contributed by atoms with van der Waals surface area (Å²) < 4.78 is 11.0. The number of carbonyl (C=O) groups is 1. The van der Waals surface area contributed by atoms with E-state index in [1.165, 1.54) is 11.3 Å². The lowest BCUT2D eigenvalue weighted by molar-refractivity contribution is 0.262. The van der Waals surface area contributed by atoms with Crippen LogP contribution in [0, 0.1) is 13.8 Å². The van der Waals surface area contributed by atoms with Crippen molar-refractivity contribution in [1.29, 1.82) is 0 Å². The summed E-state index contributed by atoms with van der Waals surface area (Å²) in [4.78, 5) is 12.1. The number of carbonyl (C=O) groups excluding carboxylic acids is 1. The summed E-state index contributed by atoms with van der Waals surface area (Å²) in [5.41, 5.74) is 2.84. The molecule has 1 heterocycles. The van der Waals surface area contributed by atoms with E-state index in [-0.39, 0.29) is 6.61 Å². The van der Waals surface area contributed by atoms with Crippen molar-refractivity contribution in [1.82, 2.24) is 10.2 Å². The van der Waals surface area contributed by atoms with Crippen LogP contribution in [0.4, 0.5) is 15.6 Å². The van der Waals surface area contributed by atoms with Gasteiger partial charge in [0.25, 0.3) is 0 Å². The summed E-state index contributed by atoms with van der Waals surface area (Å²) in [5.74, 6) is 1.36. The van der Waals surface area contributed by atoms with Crippen molar-refractivity contribution >= 4 is 28.2 Å². The molecule has 1 aromatic heterocycles. The molecule has 0 radical (unpaired) electrons.